The average molecular weight is 392 g/mol. The van der Waals surface area contributed by atoms with Crippen molar-refractivity contribution in [2.24, 2.45) is 0 Å². The Kier molecular flexibility index (Phi) is 4.73. The van der Waals surface area contributed by atoms with Crippen molar-refractivity contribution in [2.75, 3.05) is 26.4 Å². The van der Waals surface area contributed by atoms with E-state index >= 15 is 0 Å². The molecular formula is C23H24N2O4. The summed E-state index contributed by atoms with van der Waals surface area (Å²) in [5, 5.41) is 7.66. The zero-order chi connectivity index (χ0) is 19.8. The number of epoxide rings is 2. The van der Waals surface area contributed by atoms with Crippen LogP contribution in [0.3, 0.4) is 0 Å². The first-order valence-corrected chi connectivity index (χ1v) is 9.92. The van der Waals surface area contributed by atoms with Crippen LogP contribution >= 0.6 is 0 Å². The number of aromatic nitrogens is 2. The monoisotopic (exact) mass is 392 g/mol. The third kappa shape index (κ3) is 4.28. The molecule has 0 radical (unpaired) electrons. The molecule has 0 amide bonds. The first-order chi connectivity index (χ1) is 14.2. The highest BCUT2D eigenvalue weighted by Gasteiger charge is 2.24. The van der Waals surface area contributed by atoms with Crippen LogP contribution in [0, 0.1) is 13.8 Å². The molecule has 1 aromatic heterocycles. The van der Waals surface area contributed by atoms with E-state index in [4.69, 9.17) is 18.9 Å². The van der Waals surface area contributed by atoms with Crippen LogP contribution in [0.2, 0.25) is 0 Å². The summed E-state index contributed by atoms with van der Waals surface area (Å²) in [6, 6.07) is 14.4. The molecule has 2 aliphatic rings. The van der Waals surface area contributed by atoms with E-state index in [2.05, 4.69) is 48.3 Å². The number of ether oxygens (including phenoxy) is 4. The summed E-state index contributed by atoms with van der Waals surface area (Å²) in [7, 11) is 0. The fourth-order valence-electron chi connectivity index (χ4n) is 3.26. The molecule has 2 aromatic carbocycles. The highest BCUT2D eigenvalue weighted by atomic mass is 16.6. The van der Waals surface area contributed by atoms with E-state index in [0.29, 0.717) is 13.2 Å². The Bertz CT molecular complexity index is 941. The maximum Gasteiger partial charge on any atom is 0.122 e. The van der Waals surface area contributed by atoms with Gasteiger partial charge in [-0.3, -0.25) is 5.10 Å². The second-order valence-corrected chi connectivity index (χ2v) is 7.66. The van der Waals surface area contributed by atoms with Crippen molar-refractivity contribution in [1.29, 1.82) is 0 Å². The summed E-state index contributed by atoms with van der Waals surface area (Å²) in [6.45, 7) is 6.93. The smallest absolute Gasteiger partial charge is 0.122 e. The van der Waals surface area contributed by atoms with Crippen molar-refractivity contribution in [3.05, 3.63) is 53.6 Å². The highest BCUT2D eigenvalue weighted by molar-refractivity contribution is 5.70. The minimum Gasteiger partial charge on any atom is -0.491 e. The quantitative estimate of drug-likeness (QED) is 0.589. The van der Waals surface area contributed by atoms with E-state index in [1.54, 1.807) is 0 Å². The van der Waals surface area contributed by atoms with E-state index in [1.807, 2.05) is 18.2 Å². The largest absolute Gasteiger partial charge is 0.491 e. The van der Waals surface area contributed by atoms with E-state index < -0.39 is 0 Å². The molecule has 150 valence electrons. The van der Waals surface area contributed by atoms with E-state index in [-0.39, 0.29) is 12.2 Å². The van der Waals surface area contributed by atoms with Crippen molar-refractivity contribution in [3.8, 4) is 34.0 Å². The lowest BCUT2D eigenvalue weighted by Gasteiger charge is -2.09. The summed E-state index contributed by atoms with van der Waals surface area (Å²) < 4.78 is 22.0. The summed E-state index contributed by atoms with van der Waals surface area (Å²) in [4.78, 5) is 0. The van der Waals surface area contributed by atoms with Crippen LogP contribution in [0.5, 0.6) is 11.5 Å². The summed E-state index contributed by atoms with van der Waals surface area (Å²) >= 11 is 0. The molecule has 1 N–H and O–H groups in total. The predicted molar refractivity (Wildman–Crippen MR) is 109 cm³/mol. The number of hydrogen-bond acceptors (Lipinski definition) is 5. The number of aryl methyl sites for hydroxylation is 2. The SMILES string of the molecule is Cc1cc(-c2cc(-c3ccc(OCC4CO4)c(C)c3)[nH]n2)ccc1OCC1CO1. The van der Waals surface area contributed by atoms with Gasteiger partial charge in [-0.2, -0.15) is 5.10 Å². The van der Waals surface area contributed by atoms with Crippen LogP contribution in [0.25, 0.3) is 22.5 Å². The number of H-pyrrole nitrogens is 1. The normalized spacial score (nSPS) is 19.8. The highest BCUT2D eigenvalue weighted by Crippen LogP contribution is 2.30. The molecule has 0 aliphatic carbocycles. The summed E-state index contributed by atoms with van der Waals surface area (Å²) in [6.07, 6.45) is 0.511. The van der Waals surface area contributed by atoms with Crippen LogP contribution in [0.4, 0.5) is 0 Å². The van der Waals surface area contributed by atoms with Gasteiger partial charge in [0.05, 0.1) is 24.6 Å². The molecule has 6 nitrogen and oxygen atoms in total. The molecular weight excluding hydrogens is 368 g/mol. The zero-order valence-electron chi connectivity index (χ0n) is 16.6. The lowest BCUT2D eigenvalue weighted by atomic mass is 10.1. The van der Waals surface area contributed by atoms with Crippen molar-refractivity contribution >= 4 is 0 Å². The lowest BCUT2D eigenvalue weighted by molar-refractivity contribution is 0.262. The standard InChI is InChI=1S/C23H24N2O4/c1-14-7-16(3-5-22(14)28-12-18-10-26-18)20-9-21(25-24-20)17-4-6-23(15(2)8-17)29-13-19-11-27-19/h3-9,18-19H,10-13H2,1-2H3,(H,24,25). The third-order valence-electron chi connectivity index (χ3n) is 5.19. The molecule has 29 heavy (non-hydrogen) atoms. The van der Waals surface area contributed by atoms with Gasteiger partial charge in [0.25, 0.3) is 0 Å². The van der Waals surface area contributed by atoms with Gasteiger partial charge in [0.2, 0.25) is 0 Å². The van der Waals surface area contributed by atoms with Crippen LogP contribution < -0.4 is 9.47 Å². The first-order valence-electron chi connectivity index (χ1n) is 9.92. The molecule has 2 aliphatic heterocycles. The molecule has 3 heterocycles. The van der Waals surface area contributed by atoms with Crippen LogP contribution in [-0.4, -0.2) is 48.8 Å². The molecule has 2 saturated heterocycles. The maximum absolute atomic E-state index is 5.82. The number of aromatic amines is 1. The van der Waals surface area contributed by atoms with Gasteiger partial charge in [0.15, 0.2) is 0 Å². The maximum atomic E-state index is 5.82. The number of rotatable bonds is 8. The minimum atomic E-state index is 0.255. The van der Waals surface area contributed by atoms with Crippen LogP contribution in [0.15, 0.2) is 42.5 Å². The van der Waals surface area contributed by atoms with Crippen molar-refractivity contribution in [2.45, 2.75) is 26.1 Å². The Labute approximate surface area is 169 Å². The van der Waals surface area contributed by atoms with Crippen LogP contribution in [0.1, 0.15) is 11.1 Å². The van der Waals surface area contributed by atoms with E-state index in [9.17, 15) is 0 Å². The van der Waals surface area contributed by atoms with E-state index in [0.717, 1.165) is 58.4 Å². The first kappa shape index (κ1) is 18.2. The molecule has 0 saturated carbocycles. The molecule has 3 aromatic rings. The molecule has 2 fully saturated rings. The Balaban J connectivity index is 1.30. The van der Waals surface area contributed by atoms with Crippen molar-refractivity contribution in [3.63, 3.8) is 0 Å². The van der Waals surface area contributed by atoms with Gasteiger partial charge in [-0.25, -0.2) is 0 Å². The number of nitrogens with one attached hydrogen (secondary N) is 1. The van der Waals surface area contributed by atoms with Gasteiger partial charge in [-0.05, 0) is 67.4 Å². The molecule has 5 rings (SSSR count). The molecule has 0 spiro atoms. The van der Waals surface area contributed by atoms with E-state index in [1.165, 1.54) is 0 Å². The third-order valence-corrected chi connectivity index (χ3v) is 5.19. The number of hydrogen-bond donors (Lipinski definition) is 1. The van der Waals surface area contributed by atoms with Gasteiger partial charge in [0.1, 0.15) is 36.9 Å². The van der Waals surface area contributed by atoms with Gasteiger partial charge >= 0.3 is 0 Å². The van der Waals surface area contributed by atoms with Crippen LogP contribution in [-0.2, 0) is 9.47 Å². The fourth-order valence-corrected chi connectivity index (χ4v) is 3.26. The molecule has 2 atom stereocenters. The predicted octanol–water partition coefficient (Wildman–Crippen LogP) is 3.92. The topological polar surface area (TPSA) is 72.2 Å². The zero-order valence-corrected chi connectivity index (χ0v) is 16.6. The lowest BCUT2D eigenvalue weighted by Crippen LogP contribution is -2.05. The number of benzene rings is 2. The summed E-state index contributed by atoms with van der Waals surface area (Å²) in [5.41, 5.74) is 6.20. The molecule has 6 heteroatoms. The Hall–Kier alpha value is -2.83. The second-order valence-electron chi connectivity index (χ2n) is 7.66. The Morgan fingerprint density at radius 2 is 1.41 bits per heavy atom. The average Bonchev–Trinajstić information content (AvgIpc) is 3.65. The minimum absolute atomic E-state index is 0.255. The second kappa shape index (κ2) is 7.54. The summed E-state index contributed by atoms with van der Waals surface area (Å²) in [5.74, 6) is 1.79. The van der Waals surface area contributed by atoms with Gasteiger partial charge < -0.3 is 18.9 Å². The van der Waals surface area contributed by atoms with Crippen molar-refractivity contribution < 1.29 is 18.9 Å². The van der Waals surface area contributed by atoms with Crippen molar-refractivity contribution in [1.82, 2.24) is 10.2 Å². The molecule has 2 unspecified atom stereocenters. The Morgan fingerprint density at radius 3 is 1.97 bits per heavy atom. The van der Waals surface area contributed by atoms with Gasteiger partial charge in [-0.1, -0.05) is 0 Å². The Morgan fingerprint density at radius 1 is 0.862 bits per heavy atom. The van der Waals surface area contributed by atoms with Gasteiger partial charge in [0, 0.05) is 11.1 Å². The number of nitrogens with zero attached hydrogens (tertiary/aromatic N) is 1. The fraction of sp³-hybridized carbons (Fsp3) is 0.348. The van der Waals surface area contributed by atoms with Gasteiger partial charge in [-0.15, -0.1) is 0 Å². The molecule has 0 bridgehead atoms.